The van der Waals surface area contributed by atoms with Gasteiger partial charge in [0.15, 0.2) is 24.4 Å². The number of hydrogen-bond acceptors (Lipinski definition) is 5. The van der Waals surface area contributed by atoms with Gasteiger partial charge < -0.3 is 14.8 Å². The predicted octanol–water partition coefficient (Wildman–Crippen LogP) is 4.21. The summed E-state index contributed by atoms with van der Waals surface area (Å²) in [5, 5.41) is 2.72. The van der Waals surface area contributed by atoms with Gasteiger partial charge in [-0.2, -0.15) is 0 Å². The van der Waals surface area contributed by atoms with Crippen molar-refractivity contribution in [3.8, 4) is 0 Å². The van der Waals surface area contributed by atoms with Crippen LogP contribution in [0.2, 0.25) is 0 Å². The molecule has 3 aromatic rings. The van der Waals surface area contributed by atoms with Crippen LogP contribution in [0, 0.1) is 6.92 Å². The Morgan fingerprint density at radius 1 is 1.03 bits per heavy atom. The molecule has 196 valence electrons. The number of ether oxygens (including phenoxy) is 2. The summed E-state index contributed by atoms with van der Waals surface area (Å²) in [5.74, 6) is -1.78. The topological polar surface area (TPSA) is 84.9 Å². The predicted molar refractivity (Wildman–Crippen MR) is 143 cm³/mol. The molecule has 38 heavy (non-hydrogen) atoms. The van der Waals surface area contributed by atoms with Gasteiger partial charge in [-0.05, 0) is 30.2 Å². The van der Waals surface area contributed by atoms with Crippen molar-refractivity contribution >= 4 is 41.0 Å². The highest BCUT2D eigenvalue weighted by Crippen LogP contribution is 2.41. The highest BCUT2D eigenvalue weighted by Gasteiger charge is 2.63. The molecule has 0 radical (unpaired) electrons. The number of alkyl halides is 2. The van der Waals surface area contributed by atoms with Gasteiger partial charge in [-0.15, -0.1) is 23.2 Å². The fraction of sp³-hybridized carbons (Fsp3) is 0.276. The van der Waals surface area contributed by atoms with E-state index < -0.39 is 47.1 Å². The Kier molecular flexibility index (Phi) is 7.43. The van der Waals surface area contributed by atoms with Gasteiger partial charge in [-0.25, -0.2) is 4.79 Å². The van der Waals surface area contributed by atoms with Crippen molar-refractivity contribution in [2.75, 3.05) is 12.5 Å². The van der Waals surface area contributed by atoms with Crippen LogP contribution >= 0.6 is 23.2 Å². The maximum Gasteiger partial charge on any atom is 0.331 e. The Labute approximate surface area is 230 Å². The van der Waals surface area contributed by atoms with E-state index in [1.807, 2.05) is 79.7 Å². The number of nitrogens with one attached hydrogen (secondary N) is 1. The van der Waals surface area contributed by atoms with Gasteiger partial charge >= 0.3 is 5.97 Å². The van der Waals surface area contributed by atoms with Crippen molar-refractivity contribution in [3.63, 3.8) is 0 Å². The van der Waals surface area contributed by atoms with Crippen LogP contribution in [0.15, 0.2) is 84.9 Å². The van der Waals surface area contributed by atoms with E-state index >= 15 is 0 Å². The Balaban J connectivity index is 1.39. The number of nitrogens with zero attached hydrogens (tertiary/aromatic N) is 1. The number of carbonyl (C=O) groups excluding carboxylic acids is 3. The van der Waals surface area contributed by atoms with Gasteiger partial charge in [-0.3, -0.25) is 14.5 Å². The van der Waals surface area contributed by atoms with Crippen molar-refractivity contribution in [1.82, 2.24) is 10.2 Å². The number of benzene rings is 3. The number of amides is 2. The van der Waals surface area contributed by atoms with Crippen molar-refractivity contribution in [3.05, 3.63) is 107 Å². The van der Waals surface area contributed by atoms with Crippen molar-refractivity contribution in [1.29, 1.82) is 0 Å². The number of aryl methyl sites for hydroxylation is 1. The lowest BCUT2D eigenvalue weighted by molar-refractivity contribution is -0.220. The monoisotopic (exact) mass is 552 g/mol. The molecule has 2 saturated heterocycles. The zero-order chi connectivity index (χ0) is 26.9. The SMILES string of the molecule is Cc1ccc(C(=O)N[C@@H]2C(=O)N3C(C(=O)OC(c4ccccc4)c4ccccc4)C(Cl)(CCl)CO[C@H]23)cc1. The number of halogens is 2. The number of fused-ring (bicyclic) bond motifs is 1. The Hall–Kier alpha value is -3.39. The van der Waals surface area contributed by atoms with E-state index in [1.165, 1.54) is 4.90 Å². The molecule has 2 amide bonds. The van der Waals surface area contributed by atoms with Gasteiger partial charge in [0, 0.05) is 11.4 Å². The van der Waals surface area contributed by atoms with Gasteiger partial charge in [0.05, 0.1) is 6.61 Å². The van der Waals surface area contributed by atoms with E-state index in [9.17, 15) is 14.4 Å². The molecular weight excluding hydrogens is 527 g/mol. The fourth-order valence-electron chi connectivity index (χ4n) is 4.75. The van der Waals surface area contributed by atoms with Gasteiger partial charge in [0.2, 0.25) is 0 Å². The summed E-state index contributed by atoms with van der Waals surface area (Å²) in [6.07, 6.45) is -1.60. The third kappa shape index (κ3) is 4.89. The number of rotatable bonds is 7. The van der Waals surface area contributed by atoms with E-state index in [0.717, 1.165) is 16.7 Å². The molecule has 5 rings (SSSR count). The molecular formula is C29H26Cl2N2O5. The minimum Gasteiger partial charge on any atom is -0.451 e. The average molecular weight is 553 g/mol. The summed E-state index contributed by atoms with van der Waals surface area (Å²) >= 11 is 13.0. The highest BCUT2D eigenvalue weighted by molar-refractivity contribution is 6.32. The third-order valence-corrected chi connectivity index (χ3v) is 7.89. The summed E-state index contributed by atoms with van der Waals surface area (Å²) in [4.78, 5) is 39.6. The Bertz CT molecular complexity index is 1280. The van der Waals surface area contributed by atoms with Gasteiger partial charge in [0.1, 0.15) is 4.87 Å². The third-order valence-electron chi connectivity index (χ3n) is 6.83. The lowest BCUT2D eigenvalue weighted by Gasteiger charge is -2.56. The number of carbonyl (C=O) groups is 3. The largest absolute Gasteiger partial charge is 0.451 e. The maximum atomic E-state index is 13.7. The van der Waals surface area contributed by atoms with Crippen LogP contribution in [0.3, 0.4) is 0 Å². The summed E-state index contributed by atoms with van der Waals surface area (Å²) in [6, 6.07) is 23.4. The first-order valence-electron chi connectivity index (χ1n) is 12.2. The standard InChI is InChI=1S/C29H26Cl2N2O5/c1-18-12-14-21(15-13-18)25(34)32-22-26(35)33-24(29(31,16-30)17-37-27(22)33)28(36)38-23(19-8-4-2-5-9-19)20-10-6-3-7-11-20/h2-15,22-24,27H,16-17H2,1H3,(H,32,34)/t22-,24?,27-,29?/m1/s1. The van der Waals surface area contributed by atoms with Crippen molar-refractivity contribution in [2.24, 2.45) is 0 Å². The van der Waals surface area contributed by atoms with E-state index in [4.69, 9.17) is 32.7 Å². The van der Waals surface area contributed by atoms with Crippen LogP contribution in [0.5, 0.6) is 0 Å². The molecule has 2 aliphatic rings. The van der Waals surface area contributed by atoms with E-state index in [0.29, 0.717) is 5.56 Å². The van der Waals surface area contributed by atoms with Crippen LogP contribution in [-0.2, 0) is 19.1 Å². The molecule has 0 aliphatic carbocycles. The number of hydrogen-bond donors (Lipinski definition) is 1. The minimum absolute atomic E-state index is 0.107. The molecule has 2 heterocycles. The maximum absolute atomic E-state index is 13.7. The number of β-lactam (4-membered cyclic amide) rings is 1. The normalized spacial score (nSPS) is 24.4. The smallest absolute Gasteiger partial charge is 0.331 e. The second-order valence-corrected chi connectivity index (χ2v) is 10.5. The molecule has 0 saturated carbocycles. The quantitative estimate of drug-likeness (QED) is 0.269. The summed E-state index contributed by atoms with van der Waals surface area (Å²) in [7, 11) is 0. The molecule has 2 unspecified atom stereocenters. The number of esters is 1. The zero-order valence-electron chi connectivity index (χ0n) is 20.6. The fourth-order valence-corrected chi connectivity index (χ4v) is 5.23. The molecule has 9 heteroatoms. The average Bonchev–Trinajstić information content (AvgIpc) is 2.95. The first-order valence-corrected chi connectivity index (χ1v) is 13.1. The van der Waals surface area contributed by atoms with Crippen molar-refractivity contribution in [2.45, 2.75) is 36.2 Å². The van der Waals surface area contributed by atoms with Crippen molar-refractivity contribution < 1.29 is 23.9 Å². The zero-order valence-corrected chi connectivity index (χ0v) is 22.1. The molecule has 2 fully saturated rings. The van der Waals surface area contributed by atoms with Crippen LogP contribution in [0.1, 0.15) is 33.2 Å². The van der Waals surface area contributed by atoms with Crippen LogP contribution in [0.4, 0.5) is 0 Å². The van der Waals surface area contributed by atoms with Crippen LogP contribution in [-0.4, -0.2) is 58.4 Å². The summed E-state index contributed by atoms with van der Waals surface area (Å²) < 4.78 is 11.9. The van der Waals surface area contributed by atoms with E-state index in [-0.39, 0.29) is 12.5 Å². The second-order valence-electron chi connectivity index (χ2n) is 9.47. The van der Waals surface area contributed by atoms with Crippen LogP contribution < -0.4 is 5.32 Å². The van der Waals surface area contributed by atoms with Gasteiger partial charge in [0.25, 0.3) is 11.8 Å². The molecule has 0 spiro atoms. The van der Waals surface area contributed by atoms with E-state index in [1.54, 1.807) is 12.1 Å². The van der Waals surface area contributed by atoms with E-state index in [2.05, 4.69) is 5.32 Å². The second kappa shape index (κ2) is 10.8. The molecule has 4 atom stereocenters. The minimum atomic E-state index is -1.41. The molecule has 0 aromatic heterocycles. The molecule has 7 nitrogen and oxygen atoms in total. The van der Waals surface area contributed by atoms with Crippen LogP contribution in [0.25, 0.3) is 0 Å². The molecule has 0 bridgehead atoms. The molecule has 3 aromatic carbocycles. The summed E-state index contributed by atoms with van der Waals surface area (Å²) in [5.41, 5.74) is 2.95. The Morgan fingerprint density at radius 2 is 1.61 bits per heavy atom. The van der Waals surface area contributed by atoms with Gasteiger partial charge in [-0.1, -0.05) is 78.4 Å². The first kappa shape index (κ1) is 26.2. The lowest BCUT2D eigenvalue weighted by Crippen LogP contribution is -2.81. The first-order chi connectivity index (χ1) is 18.3. The lowest BCUT2D eigenvalue weighted by atomic mass is 9.89. The summed E-state index contributed by atoms with van der Waals surface area (Å²) in [6.45, 7) is 1.81. The highest BCUT2D eigenvalue weighted by atomic mass is 35.5. The molecule has 2 aliphatic heterocycles. The molecule has 1 N–H and O–H groups in total. The Morgan fingerprint density at radius 3 is 2.16 bits per heavy atom.